The highest BCUT2D eigenvalue weighted by molar-refractivity contribution is 5.85. The van der Waals surface area contributed by atoms with E-state index in [4.69, 9.17) is 5.73 Å². The maximum Gasteiger partial charge on any atom is 0.220 e. The Morgan fingerprint density at radius 2 is 1.48 bits per heavy atom. The van der Waals surface area contributed by atoms with Crippen molar-refractivity contribution in [3.05, 3.63) is 35.4 Å². The van der Waals surface area contributed by atoms with Crippen LogP contribution in [0.4, 0.5) is 0 Å². The number of nitrogens with one attached hydrogen (secondary N) is 2. The van der Waals surface area contributed by atoms with Crippen molar-refractivity contribution in [3.8, 4) is 0 Å². The van der Waals surface area contributed by atoms with Crippen LogP contribution < -0.4 is 16.4 Å². The SMILES string of the molecule is CC(C)NC(=O)CCCC(=O)NCC(N)c1ccc(C(C)C)cc1.Cl. The molecule has 0 aliphatic rings. The molecule has 1 rings (SSSR count). The first-order chi connectivity index (χ1) is 11.3. The van der Waals surface area contributed by atoms with Crippen molar-refractivity contribution in [1.29, 1.82) is 0 Å². The summed E-state index contributed by atoms with van der Waals surface area (Å²) >= 11 is 0. The highest BCUT2D eigenvalue weighted by atomic mass is 35.5. The van der Waals surface area contributed by atoms with E-state index in [1.807, 2.05) is 26.0 Å². The van der Waals surface area contributed by atoms with Crippen molar-refractivity contribution in [2.24, 2.45) is 5.73 Å². The number of rotatable bonds is 9. The van der Waals surface area contributed by atoms with Gasteiger partial charge in [-0.1, -0.05) is 38.1 Å². The standard InChI is InChI=1S/C19H31N3O2.ClH/c1-13(2)15-8-10-16(11-9-15)17(20)12-21-18(23)6-5-7-19(24)22-14(3)4;/h8-11,13-14,17H,5-7,12,20H2,1-4H3,(H,21,23)(H,22,24);1H. The molecule has 142 valence electrons. The molecule has 0 heterocycles. The third-order valence-corrected chi connectivity index (χ3v) is 3.81. The van der Waals surface area contributed by atoms with Crippen LogP contribution in [0.2, 0.25) is 0 Å². The smallest absolute Gasteiger partial charge is 0.220 e. The first-order valence-corrected chi connectivity index (χ1v) is 8.71. The number of carbonyl (C=O) groups excluding carboxylic acids is 2. The third-order valence-electron chi connectivity index (χ3n) is 3.81. The molecule has 2 amide bonds. The molecule has 0 aromatic heterocycles. The largest absolute Gasteiger partial charge is 0.354 e. The molecule has 4 N–H and O–H groups in total. The second kappa shape index (κ2) is 11.9. The number of halogens is 1. The molecule has 0 aliphatic carbocycles. The van der Waals surface area contributed by atoms with Gasteiger partial charge in [0.05, 0.1) is 0 Å². The van der Waals surface area contributed by atoms with E-state index in [1.54, 1.807) is 0 Å². The van der Waals surface area contributed by atoms with E-state index in [2.05, 4.69) is 36.6 Å². The summed E-state index contributed by atoms with van der Waals surface area (Å²) in [6.07, 6.45) is 1.25. The predicted molar refractivity (Wildman–Crippen MR) is 105 cm³/mol. The van der Waals surface area contributed by atoms with Gasteiger partial charge in [-0.05, 0) is 37.3 Å². The fourth-order valence-electron chi connectivity index (χ4n) is 2.36. The monoisotopic (exact) mass is 369 g/mol. The second-order valence-corrected chi connectivity index (χ2v) is 6.81. The lowest BCUT2D eigenvalue weighted by Gasteiger charge is -2.14. The van der Waals surface area contributed by atoms with Crippen molar-refractivity contribution in [1.82, 2.24) is 10.6 Å². The Balaban J connectivity index is 0.00000576. The Kier molecular flexibility index (Phi) is 11.1. The second-order valence-electron chi connectivity index (χ2n) is 6.81. The molecule has 0 radical (unpaired) electrons. The van der Waals surface area contributed by atoms with Crippen molar-refractivity contribution in [2.45, 2.75) is 65.0 Å². The summed E-state index contributed by atoms with van der Waals surface area (Å²) in [6, 6.07) is 8.10. The summed E-state index contributed by atoms with van der Waals surface area (Å²) in [5.41, 5.74) is 8.41. The minimum atomic E-state index is -0.223. The van der Waals surface area contributed by atoms with Gasteiger partial charge in [0.2, 0.25) is 11.8 Å². The number of hydrogen-bond acceptors (Lipinski definition) is 3. The Morgan fingerprint density at radius 3 is 2.00 bits per heavy atom. The maximum atomic E-state index is 11.8. The highest BCUT2D eigenvalue weighted by Gasteiger charge is 2.10. The lowest BCUT2D eigenvalue weighted by atomic mass is 9.99. The molecule has 0 bridgehead atoms. The van der Waals surface area contributed by atoms with Crippen molar-refractivity contribution in [2.75, 3.05) is 6.54 Å². The van der Waals surface area contributed by atoms with Crippen LogP contribution in [0.25, 0.3) is 0 Å². The molecule has 0 fully saturated rings. The molecule has 0 aliphatic heterocycles. The van der Waals surface area contributed by atoms with Gasteiger partial charge >= 0.3 is 0 Å². The van der Waals surface area contributed by atoms with E-state index in [1.165, 1.54) is 5.56 Å². The van der Waals surface area contributed by atoms with Crippen LogP contribution >= 0.6 is 12.4 Å². The fraction of sp³-hybridized carbons (Fsp3) is 0.579. The van der Waals surface area contributed by atoms with Gasteiger partial charge in [-0.3, -0.25) is 9.59 Å². The van der Waals surface area contributed by atoms with Crippen LogP contribution in [-0.2, 0) is 9.59 Å². The van der Waals surface area contributed by atoms with Gasteiger partial charge in [-0.15, -0.1) is 12.4 Å². The van der Waals surface area contributed by atoms with Gasteiger partial charge in [0, 0.05) is 31.5 Å². The average molecular weight is 370 g/mol. The van der Waals surface area contributed by atoms with Crippen LogP contribution in [0.1, 0.15) is 70.0 Å². The molecule has 0 spiro atoms. The highest BCUT2D eigenvalue weighted by Crippen LogP contribution is 2.17. The maximum absolute atomic E-state index is 11.8. The number of benzene rings is 1. The Labute approximate surface area is 157 Å². The lowest BCUT2D eigenvalue weighted by molar-refractivity contribution is -0.122. The van der Waals surface area contributed by atoms with E-state index in [9.17, 15) is 9.59 Å². The van der Waals surface area contributed by atoms with Gasteiger partial charge in [-0.2, -0.15) is 0 Å². The summed E-state index contributed by atoms with van der Waals surface area (Å²) in [7, 11) is 0. The fourth-order valence-corrected chi connectivity index (χ4v) is 2.36. The van der Waals surface area contributed by atoms with E-state index in [0.29, 0.717) is 31.7 Å². The van der Waals surface area contributed by atoms with E-state index >= 15 is 0 Å². The molecule has 0 saturated heterocycles. The topological polar surface area (TPSA) is 84.2 Å². The predicted octanol–water partition coefficient (Wildman–Crippen LogP) is 3.04. The van der Waals surface area contributed by atoms with Crippen molar-refractivity contribution < 1.29 is 9.59 Å². The first kappa shape index (κ1) is 23.4. The van der Waals surface area contributed by atoms with Gasteiger partial charge in [0.25, 0.3) is 0 Å². The molecule has 5 nitrogen and oxygen atoms in total. The average Bonchev–Trinajstić information content (AvgIpc) is 2.52. The molecule has 0 saturated carbocycles. The molecular weight excluding hydrogens is 338 g/mol. The van der Waals surface area contributed by atoms with Crippen LogP contribution in [-0.4, -0.2) is 24.4 Å². The van der Waals surface area contributed by atoms with Gasteiger partial charge in [0.15, 0.2) is 0 Å². The lowest BCUT2D eigenvalue weighted by Crippen LogP contribution is -2.32. The zero-order valence-electron chi connectivity index (χ0n) is 15.7. The molecule has 25 heavy (non-hydrogen) atoms. The van der Waals surface area contributed by atoms with Crippen LogP contribution in [0.5, 0.6) is 0 Å². The summed E-state index contributed by atoms with van der Waals surface area (Å²) in [4.78, 5) is 23.3. The van der Waals surface area contributed by atoms with E-state index in [0.717, 1.165) is 5.56 Å². The van der Waals surface area contributed by atoms with Gasteiger partial charge < -0.3 is 16.4 Å². The van der Waals surface area contributed by atoms with Gasteiger partial charge in [-0.25, -0.2) is 0 Å². The first-order valence-electron chi connectivity index (χ1n) is 8.71. The molecule has 1 aromatic carbocycles. The number of amides is 2. The Morgan fingerprint density at radius 1 is 0.960 bits per heavy atom. The minimum Gasteiger partial charge on any atom is -0.354 e. The molecule has 6 heteroatoms. The summed E-state index contributed by atoms with van der Waals surface area (Å²) in [5, 5.41) is 5.65. The molecule has 1 aromatic rings. The van der Waals surface area contributed by atoms with Crippen LogP contribution in [0, 0.1) is 0 Å². The quantitative estimate of drug-likeness (QED) is 0.625. The Bertz CT molecular complexity index is 530. The van der Waals surface area contributed by atoms with Crippen molar-refractivity contribution >= 4 is 24.2 Å². The van der Waals surface area contributed by atoms with Gasteiger partial charge in [0.1, 0.15) is 0 Å². The number of hydrogen-bond donors (Lipinski definition) is 3. The molecule has 1 unspecified atom stereocenters. The zero-order valence-corrected chi connectivity index (χ0v) is 16.5. The zero-order chi connectivity index (χ0) is 18.1. The summed E-state index contributed by atoms with van der Waals surface area (Å²) < 4.78 is 0. The van der Waals surface area contributed by atoms with Crippen molar-refractivity contribution in [3.63, 3.8) is 0 Å². The summed E-state index contributed by atoms with van der Waals surface area (Å²) in [6.45, 7) is 8.53. The third kappa shape index (κ3) is 9.46. The number of carbonyl (C=O) groups is 2. The van der Waals surface area contributed by atoms with Crippen LogP contribution in [0.3, 0.4) is 0 Å². The van der Waals surface area contributed by atoms with Crippen LogP contribution in [0.15, 0.2) is 24.3 Å². The molecular formula is C19H32ClN3O2. The Hall–Kier alpha value is -1.59. The van der Waals surface area contributed by atoms with E-state index in [-0.39, 0.29) is 36.3 Å². The minimum absolute atomic E-state index is 0. The summed E-state index contributed by atoms with van der Waals surface area (Å²) in [5.74, 6) is 0.407. The number of nitrogens with two attached hydrogens (primary N) is 1. The normalized spacial score (nSPS) is 11.8. The molecule has 1 atom stereocenters. The van der Waals surface area contributed by atoms with E-state index < -0.39 is 0 Å².